The van der Waals surface area contributed by atoms with Crippen LogP contribution < -0.4 is 14.3 Å². The fourth-order valence-electron chi connectivity index (χ4n) is 2.93. The molecule has 26 heavy (non-hydrogen) atoms. The first-order valence-electron chi connectivity index (χ1n) is 8.01. The number of allylic oxidation sites excluding steroid dienone is 1. The molecule has 1 aromatic carbocycles. The molecule has 0 radical (unpaired) electrons. The van der Waals surface area contributed by atoms with E-state index in [9.17, 15) is 14.4 Å². The summed E-state index contributed by atoms with van der Waals surface area (Å²) in [6.45, 7) is 4.05. The lowest BCUT2D eigenvalue weighted by molar-refractivity contribution is -0.141. The molecule has 1 fully saturated rings. The lowest BCUT2D eigenvalue weighted by Gasteiger charge is -2.10. The molecular formula is C17H15N3O5S. The van der Waals surface area contributed by atoms with Crippen LogP contribution in [0, 0.1) is 0 Å². The van der Waals surface area contributed by atoms with Gasteiger partial charge in [-0.2, -0.15) is 4.99 Å². The number of thiazole rings is 1. The number of fused-ring (bicyclic) bond motifs is 2. The van der Waals surface area contributed by atoms with Gasteiger partial charge in [0.15, 0.2) is 16.3 Å². The molecule has 3 amide bonds. The number of hydrogen-bond donors (Lipinski definition) is 0. The maximum Gasteiger partial charge on any atom is 0.268 e. The van der Waals surface area contributed by atoms with E-state index in [2.05, 4.69) is 11.6 Å². The molecule has 2 aliphatic heterocycles. The van der Waals surface area contributed by atoms with Gasteiger partial charge in [-0.05, 0) is 0 Å². The lowest BCUT2D eigenvalue weighted by Crippen LogP contribution is -2.34. The van der Waals surface area contributed by atoms with Crippen LogP contribution >= 0.6 is 11.3 Å². The van der Waals surface area contributed by atoms with Crippen molar-refractivity contribution in [1.29, 1.82) is 0 Å². The number of amides is 3. The number of ether oxygens (including phenoxy) is 2. The number of benzene rings is 1. The Morgan fingerprint density at radius 3 is 2.62 bits per heavy atom. The van der Waals surface area contributed by atoms with Crippen molar-refractivity contribution < 1.29 is 23.9 Å². The standard InChI is InChI=1S/C17H15N3O5S/c1-2-5-19-10-6-11-12(25-9-24-11)7-13(10)26-17(19)18-14(21)8-20-15(22)3-4-16(20)23/h2,6-7H,1,3-5,8-9H2. The van der Waals surface area contributed by atoms with Gasteiger partial charge in [0.2, 0.25) is 18.6 Å². The number of aromatic nitrogens is 1. The molecule has 1 aromatic heterocycles. The summed E-state index contributed by atoms with van der Waals surface area (Å²) in [5.74, 6) is 0.0760. The summed E-state index contributed by atoms with van der Waals surface area (Å²) >= 11 is 1.32. The topological polar surface area (TPSA) is 90.2 Å². The number of imide groups is 1. The number of carbonyl (C=O) groups excluding carboxylic acids is 3. The Bertz CT molecular complexity index is 1000. The second-order valence-electron chi connectivity index (χ2n) is 5.84. The van der Waals surface area contributed by atoms with Gasteiger partial charge in [0.25, 0.3) is 5.91 Å². The fraction of sp³-hybridized carbons (Fsp3) is 0.294. The van der Waals surface area contributed by atoms with Crippen molar-refractivity contribution >= 4 is 39.3 Å². The van der Waals surface area contributed by atoms with Crippen molar-refractivity contribution in [2.45, 2.75) is 19.4 Å². The predicted molar refractivity (Wildman–Crippen MR) is 92.7 cm³/mol. The minimum atomic E-state index is -0.544. The van der Waals surface area contributed by atoms with Gasteiger partial charge in [0, 0.05) is 31.5 Å². The molecule has 0 aliphatic carbocycles. The SMILES string of the molecule is C=CCn1c(=NC(=O)CN2C(=O)CCC2=O)sc2cc3c(cc21)OCO3. The van der Waals surface area contributed by atoms with Crippen molar-refractivity contribution in [3.05, 3.63) is 29.6 Å². The molecule has 0 N–H and O–H groups in total. The summed E-state index contributed by atoms with van der Waals surface area (Å²) in [7, 11) is 0. The monoisotopic (exact) mass is 373 g/mol. The third-order valence-corrected chi connectivity index (χ3v) is 5.20. The molecule has 4 rings (SSSR count). The van der Waals surface area contributed by atoms with Crippen molar-refractivity contribution in [2.75, 3.05) is 13.3 Å². The van der Waals surface area contributed by atoms with Gasteiger partial charge in [-0.3, -0.25) is 19.3 Å². The van der Waals surface area contributed by atoms with Crippen LogP contribution in [0.4, 0.5) is 0 Å². The summed E-state index contributed by atoms with van der Waals surface area (Å²) < 4.78 is 13.5. The third-order valence-electron chi connectivity index (χ3n) is 4.16. The Morgan fingerprint density at radius 1 is 1.23 bits per heavy atom. The van der Waals surface area contributed by atoms with Gasteiger partial charge in [0.05, 0.1) is 10.2 Å². The van der Waals surface area contributed by atoms with Crippen LogP contribution in [0.25, 0.3) is 10.2 Å². The third kappa shape index (κ3) is 2.80. The molecule has 9 heteroatoms. The van der Waals surface area contributed by atoms with Crippen LogP contribution in [-0.4, -0.2) is 40.5 Å². The van der Waals surface area contributed by atoms with Crippen LogP contribution in [0.15, 0.2) is 29.8 Å². The Morgan fingerprint density at radius 2 is 1.92 bits per heavy atom. The van der Waals surface area contributed by atoms with E-state index in [4.69, 9.17) is 9.47 Å². The number of likely N-dealkylation sites (tertiary alicyclic amines) is 1. The summed E-state index contributed by atoms with van der Waals surface area (Å²) in [5.41, 5.74) is 0.846. The average Bonchev–Trinajstić information content (AvgIpc) is 3.28. The van der Waals surface area contributed by atoms with E-state index in [1.54, 1.807) is 6.08 Å². The molecule has 0 saturated carbocycles. The second kappa shape index (κ2) is 6.41. The Kier molecular flexibility index (Phi) is 4.08. The zero-order valence-corrected chi connectivity index (χ0v) is 14.6. The smallest absolute Gasteiger partial charge is 0.268 e. The number of rotatable bonds is 4. The molecule has 134 valence electrons. The predicted octanol–water partition coefficient (Wildman–Crippen LogP) is 1.19. The molecule has 0 atom stereocenters. The van der Waals surface area contributed by atoms with E-state index in [1.165, 1.54) is 11.3 Å². The van der Waals surface area contributed by atoms with Crippen molar-refractivity contribution in [3.8, 4) is 11.5 Å². The molecule has 0 spiro atoms. The van der Waals surface area contributed by atoms with E-state index in [1.807, 2.05) is 16.7 Å². The number of hydrogen-bond acceptors (Lipinski definition) is 6. The van der Waals surface area contributed by atoms with E-state index >= 15 is 0 Å². The first-order valence-corrected chi connectivity index (χ1v) is 8.83. The fourth-order valence-corrected chi connectivity index (χ4v) is 3.99. The maximum atomic E-state index is 12.3. The van der Waals surface area contributed by atoms with Crippen molar-refractivity contribution in [2.24, 2.45) is 4.99 Å². The van der Waals surface area contributed by atoms with E-state index in [-0.39, 0.29) is 38.0 Å². The molecular weight excluding hydrogens is 358 g/mol. The first-order chi connectivity index (χ1) is 12.6. The molecule has 8 nitrogen and oxygen atoms in total. The zero-order valence-electron chi connectivity index (χ0n) is 13.8. The van der Waals surface area contributed by atoms with E-state index in [0.29, 0.717) is 22.8 Å². The first kappa shape index (κ1) is 16.5. The largest absolute Gasteiger partial charge is 0.454 e. The van der Waals surface area contributed by atoms with Crippen LogP contribution in [-0.2, 0) is 20.9 Å². The van der Waals surface area contributed by atoms with Gasteiger partial charge < -0.3 is 14.0 Å². The number of nitrogens with zero attached hydrogens (tertiary/aromatic N) is 3. The second-order valence-corrected chi connectivity index (χ2v) is 6.85. The zero-order chi connectivity index (χ0) is 18.3. The quantitative estimate of drug-likeness (QED) is 0.593. The van der Waals surface area contributed by atoms with Crippen LogP contribution in [0.3, 0.4) is 0 Å². The summed E-state index contributed by atoms with van der Waals surface area (Å²) in [4.78, 5) is 41.2. The molecule has 0 bridgehead atoms. The normalized spacial score (nSPS) is 16.8. The van der Waals surface area contributed by atoms with Crippen LogP contribution in [0.2, 0.25) is 0 Å². The highest BCUT2D eigenvalue weighted by molar-refractivity contribution is 7.16. The Hall–Kier alpha value is -2.94. The molecule has 2 aromatic rings. The van der Waals surface area contributed by atoms with Crippen LogP contribution in [0.1, 0.15) is 12.8 Å². The minimum absolute atomic E-state index is 0.150. The summed E-state index contributed by atoms with van der Waals surface area (Å²) in [6, 6.07) is 3.69. The van der Waals surface area contributed by atoms with Gasteiger partial charge in [0.1, 0.15) is 6.54 Å². The van der Waals surface area contributed by atoms with E-state index in [0.717, 1.165) is 15.1 Å². The Labute approximate surface area is 151 Å². The van der Waals surface area contributed by atoms with Gasteiger partial charge in [-0.15, -0.1) is 6.58 Å². The molecule has 0 unspecified atom stereocenters. The van der Waals surface area contributed by atoms with Gasteiger partial charge in [-0.1, -0.05) is 17.4 Å². The average molecular weight is 373 g/mol. The minimum Gasteiger partial charge on any atom is -0.454 e. The lowest BCUT2D eigenvalue weighted by atomic mass is 10.3. The molecule has 1 saturated heterocycles. The highest BCUT2D eigenvalue weighted by Gasteiger charge is 2.30. The van der Waals surface area contributed by atoms with Gasteiger partial charge in [-0.25, -0.2) is 0 Å². The molecule has 2 aliphatic rings. The van der Waals surface area contributed by atoms with Crippen molar-refractivity contribution in [1.82, 2.24) is 9.47 Å². The highest BCUT2D eigenvalue weighted by Crippen LogP contribution is 2.36. The molecule has 3 heterocycles. The van der Waals surface area contributed by atoms with E-state index < -0.39 is 5.91 Å². The maximum absolute atomic E-state index is 12.3. The summed E-state index contributed by atoms with van der Waals surface area (Å²) in [6.07, 6.45) is 2.00. The van der Waals surface area contributed by atoms with Crippen molar-refractivity contribution in [3.63, 3.8) is 0 Å². The summed E-state index contributed by atoms with van der Waals surface area (Å²) in [5, 5.41) is 0. The highest BCUT2D eigenvalue weighted by atomic mass is 32.1. The van der Waals surface area contributed by atoms with Gasteiger partial charge >= 0.3 is 0 Å². The Balaban J connectivity index is 1.72. The number of carbonyl (C=O) groups is 3. The van der Waals surface area contributed by atoms with Crippen LogP contribution in [0.5, 0.6) is 11.5 Å².